The predicted octanol–water partition coefficient (Wildman–Crippen LogP) is 0.01000. The third-order valence-corrected chi connectivity index (χ3v) is 3.29. The van der Waals surface area contributed by atoms with E-state index in [1.807, 2.05) is 0 Å². The fourth-order valence-electron chi connectivity index (χ4n) is 0.702. The van der Waals surface area contributed by atoms with E-state index in [-0.39, 0.29) is 46.1 Å². The first-order chi connectivity index (χ1) is 5.82. The number of rotatable bonds is 1. The van der Waals surface area contributed by atoms with Crippen molar-refractivity contribution in [2.24, 2.45) is 0 Å². The Balaban J connectivity index is 0. The summed E-state index contributed by atoms with van der Waals surface area (Å²) in [7, 11) is -4.35. The van der Waals surface area contributed by atoms with Gasteiger partial charge in [0.1, 0.15) is 4.90 Å². The molecule has 0 aliphatic rings. The Kier molecular flexibility index (Phi) is 5.75. The summed E-state index contributed by atoms with van der Waals surface area (Å²) < 4.78 is 30.0. The van der Waals surface area contributed by atoms with Crippen LogP contribution >= 0.6 is 34.8 Å². The molecule has 0 radical (unpaired) electrons. The zero-order valence-electron chi connectivity index (χ0n) is 7.96. The van der Waals surface area contributed by atoms with Crippen molar-refractivity contribution >= 4 is 44.9 Å². The van der Waals surface area contributed by atoms with Crippen molar-refractivity contribution in [3.63, 3.8) is 0 Å². The van der Waals surface area contributed by atoms with Crippen LogP contribution in [0.5, 0.6) is 0 Å². The van der Waals surface area contributed by atoms with Crippen LogP contribution in [0, 0.1) is 0 Å². The Hall–Kier alpha value is 1.000. The van der Waals surface area contributed by atoms with E-state index in [1.165, 1.54) is 0 Å². The fourth-order valence-corrected chi connectivity index (χ4v) is 2.18. The van der Waals surface area contributed by atoms with Gasteiger partial charge in [0.05, 0.1) is 15.1 Å². The monoisotopic (exact) mass is 284 g/mol. The van der Waals surface area contributed by atoms with Gasteiger partial charge in [0.2, 0.25) is 0 Å². The second-order valence-corrected chi connectivity index (χ2v) is 4.78. The van der Waals surface area contributed by atoms with Crippen LogP contribution < -0.4 is 29.6 Å². The molecule has 0 amide bonds. The average Bonchev–Trinajstić information content (AvgIpc) is 1.94. The molecule has 8 heteroatoms. The molecule has 1 aromatic carbocycles. The third kappa shape index (κ3) is 3.54. The van der Waals surface area contributed by atoms with E-state index < -0.39 is 15.0 Å². The molecule has 1 rings (SSSR count). The average molecular weight is 286 g/mol. The summed E-state index contributed by atoms with van der Waals surface area (Å²) in [4.78, 5) is -0.455. The minimum absolute atomic E-state index is 0. The molecule has 0 aliphatic carbocycles. The molecule has 74 valence electrons. The van der Waals surface area contributed by atoms with E-state index in [2.05, 4.69) is 0 Å². The van der Waals surface area contributed by atoms with Crippen molar-refractivity contribution in [3.8, 4) is 0 Å². The molecule has 0 saturated heterocycles. The maximum Gasteiger partial charge on any atom is 1.00 e. The maximum absolute atomic E-state index is 10.7. The number of halogens is 3. The van der Waals surface area contributed by atoms with E-state index in [0.29, 0.717) is 0 Å². The van der Waals surface area contributed by atoms with Crippen LogP contribution in [0.2, 0.25) is 15.1 Å². The van der Waals surface area contributed by atoms with Crippen LogP contribution in [0.25, 0.3) is 0 Å². The molecule has 14 heavy (non-hydrogen) atoms. The normalized spacial score (nSPS) is 10.9. The van der Waals surface area contributed by atoms with E-state index >= 15 is 0 Å². The smallest absolute Gasteiger partial charge is 1.00 e. The molecule has 3 nitrogen and oxygen atoms in total. The zero-order valence-corrected chi connectivity index (χ0v) is 12.0. The molecule has 0 heterocycles. The summed E-state index contributed by atoms with van der Waals surface area (Å²) in [6.07, 6.45) is 0. The molecule has 0 aromatic heterocycles. The van der Waals surface area contributed by atoms with Gasteiger partial charge in [-0.2, -0.15) is 8.42 Å². The zero-order chi connectivity index (χ0) is 10.2. The van der Waals surface area contributed by atoms with Crippen molar-refractivity contribution in [2.75, 3.05) is 0 Å². The second-order valence-electron chi connectivity index (χ2n) is 2.17. The van der Waals surface area contributed by atoms with Crippen molar-refractivity contribution < 1.29 is 44.0 Å². The van der Waals surface area contributed by atoms with Gasteiger partial charge in [-0.25, -0.2) is 0 Å². The number of benzene rings is 1. The Bertz CT molecular complexity index is 451. The molecule has 0 aliphatic heterocycles. The van der Waals surface area contributed by atoms with Gasteiger partial charge in [-0.05, 0) is 12.1 Å². The van der Waals surface area contributed by atoms with Crippen molar-refractivity contribution in [1.29, 1.82) is 0 Å². The Labute approximate surface area is 120 Å². The van der Waals surface area contributed by atoms with Crippen LogP contribution in [0.15, 0.2) is 17.0 Å². The molecule has 1 aromatic rings. The summed E-state index contributed by atoms with van der Waals surface area (Å²) in [5, 5.41) is -0.0327. The summed E-state index contributed by atoms with van der Waals surface area (Å²) in [5.74, 6) is 0. The molecule has 0 saturated carbocycles. The van der Waals surface area contributed by atoms with E-state index in [4.69, 9.17) is 39.4 Å². The van der Waals surface area contributed by atoms with Crippen molar-refractivity contribution in [3.05, 3.63) is 27.2 Å². The first-order valence-corrected chi connectivity index (χ1v) is 5.52. The van der Waals surface area contributed by atoms with Crippen molar-refractivity contribution in [2.45, 2.75) is 4.90 Å². The second kappa shape index (κ2) is 5.37. The maximum atomic E-state index is 10.7. The molecular weight excluding hydrogens is 281 g/mol. The van der Waals surface area contributed by atoms with E-state index in [1.54, 1.807) is 0 Å². The molecule has 0 bridgehead atoms. The van der Waals surface area contributed by atoms with Crippen molar-refractivity contribution in [1.82, 2.24) is 0 Å². The van der Waals surface area contributed by atoms with Crippen LogP contribution in [0.3, 0.4) is 0 Å². The van der Waals surface area contributed by atoms with Gasteiger partial charge in [0, 0.05) is 0 Å². The Morgan fingerprint density at radius 3 is 1.93 bits per heavy atom. The molecule has 0 atom stereocenters. The van der Waals surface area contributed by atoms with Crippen LogP contribution in [0.4, 0.5) is 0 Å². The molecule has 0 spiro atoms. The molecular formula is C6H4Cl3NaO3S. The molecule has 1 N–H and O–H groups in total. The number of hydrogen-bond donors (Lipinski definition) is 1. The van der Waals surface area contributed by atoms with E-state index in [9.17, 15) is 8.42 Å². The minimum atomic E-state index is -4.35. The standard InChI is InChI=1S/C6H3Cl3O3S.Na.H/c7-3-1-5(9)6(2-4(3)8)13(10,11)12;;/h1-2H,(H,10,11,12);;/q;+1;-1. The van der Waals surface area contributed by atoms with Gasteiger partial charge in [0.25, 0.3) is 10.1 Å². The summed E-state index contributed by atoms with van der Waals surface area (Å²) in [6.45, 7) is 0. The predicted molar refractivity (Wildman–Crippen MR) is 52.4 cm³/mol. The minimum Gasteiger partial charge on any atom is -1.00 e. The quantitative estimate of drug-likeness (QED) is 0.449. The van der Waals surface area contributed by atoms with Gasteiger partial charge < -0.3 is 1.43 Å². The molecule has 0 unspecified atom stereocenters. The van der Waals surface area contributed by atoms with Crippen LogP contribution in [-0.2, 0) is 10.1 Å². The first kappa shape index (κ1) is 15.0. The fraction of sp³-hybridized carbons (Fsp3) is 0. The van der Waals surface area contributed by atoms with Gasteiger partial charge in [0.15, 0.2) is 0 Å². The topological polar surface area (TPSA) is 54.4 Å². The molecule has 0 fully saturated rings. The summed E-state index contributed by atoms with van der Waals surface area (Å²) >= 11 is 16.6. The van der Waals surface area contributed by atoms with Gasteiger partial charge >= 0.3 is 29.6 Å². The third-order valence-electron chi connectivity index (χ3n) is 1.25. The Morgan fingerprint density at radius 1 is 1.07 bits per heavy atom. The first-order valence-electron chi connectivity index (χ1n) is 2.94. The SMILES string of the molecule is O=S(=O)(O)c1cc(Cl)c(Cl)cc1Cl.[H-].[Na+]. The Morgan fingerprint density at radius 2 is 1.50 bits per heavy atom. The van der Waals surface area contributed by atoms with Crippen LogP contribution in [0.1, 0.15) is 1.43 Å². The van der Waals surface area contributed by atoms with Crippen LogP contribution in [-0.4, -0.2) is 13.0 Å². The summed E-state index contributed by atoms with van der Waals surface area (Å²) in [6, 6.07) is 2.14. The number of hydrogen-bond acceptors (Lipinski definition) is 2. The largest absolute Gasteiger partial charge is 1.00 e. The van der Waals surface area contributed by atoms with Gasteiger partial charge in [-0.3, -0.25) is 4.55 Å². The van der Waals surface area contributed by atoms with E-state index in [0.717, 1.165) is 12.1 Å². The summed E-state index contributed by atoms with van der Waals surface area (Å²) in [5.41, 5.74) is 0. The van der Waals surface area contributed by atoms with Gasteiger partial charge in [-0.1, -0.05) is 34.8 Å². The van der Waals surface area contributed by atoms with Gasteiger partial charge in [-0.15, -0.1) is 0 Å².